The number of nitrogens with one attached hydrogen (secondary N) is 2. The highest BCUT2D eigenvalue weighted by atomic mass is 32.2. The van der Waals surface area contributed by atoms with Crippen LogP contribution in [-0.4, -0.2) is 35.4 Å². The van der Waals surface area contributed by atoms with Crippen molar-refractivity contribution < 1.29 is 17.9 Å². The number of H-pyrrole nitrogens is 1. The third-order valence-electron chi connectivity index (χ3n) is 4.96. The van der Waals surface area contributed by atoms with Crippen LogP contribution in [0.5, 0.6) is 5.75 Å². The second kappa shape index (κ2) is 7.92. The summed E-state index contributed by atoms with van der Waals surface area (Å²) in [6.07, 6.45) is 2.18. The molecule has 4 aromatic rings. The Kier molecular flexibility index (Phi) is 5.28. The van der Waals surface area contributed by atoms with Crippen molar-refractivity contribution in [1.82, 2.24) is 13.9 Å². The molecule has 0 saturated carbocycles. The fourth-order valence-corrected chi connectivity index (χ4v) is 4.90. The van der Waals surface area contributed by atoms with Crippen molar-refractivity contribution in [2.75, 3.05) is 12.4 Å². The Morgan fingerprint density at radius 1 is 1.19 bits per heavy atom. The second-order valence-corrected chi connectivity index (χ2v) is 8.80. The number of ether oxygens (including phenoxy) is 1. The molecule has 0 aliphatic rings. The number of hydrogen-bond acceptors (Lipinski definition) is 5. The zero-order valence-corrected chi connectivity index (χ0v) is 18.2. The van der Waals surface area contributed by atoms with Gasteiger partial charge in [-0.2, -0.15) is 0 Å². The zero-order valence-electron chi connectivity index (χ0n) is 17.3. The first-order valence-electron chi connectivity index (χ1n) is 9.71. The van der Waals surface area contributed by atoms with E-state index in [0.717, 1.165) is 5.69 Å². The van der Waals surface area contributed by atoms with E-state index in [1.54, 1.807) is 61.8 Å². The van der Waals surface area contributed by atoms with E-state index in [0.29, 0.717) is 40.3 Å². The van der Waals surface area contributed by atoms with Crippen molar-refractivity contribution in [2.24, 2.45) is 0 Å². The highest BCUT2D eigenvalue weighted by molar-refractivity contribution is 7.90. The van der Waals surface area contributed by atoms with Crippen molar-refractivity contribution in [3.63, 3.8) is 0 Å². The maximum absolute atomic E-state index is 13.4. The number of aromatic nitrogens is 3. The van der Waals surface area contributed by atoms with Gasteiger partial charge in [-0.1, -0.05) is 25.1 Å². The average Bonchev–Trinajstić information content (AvgIpc) is 3.34. The predicted molar refractivity (Wildman–Crippen MR) is 119 cm³/mol. The molecule has 160 valence electrons. The van der Waals surface area contributed by atoms with Crippen molar-refractivity contribution >= 4 is 32.8 Å². The highest BCUT2D eigenvalue weighted by Crippen LogP contribution is 2.36. The summed E-state index contributed by atoms with van der Waals surface area (Å²) in [5.74, 6) is 0.659. The summed E-state index contributed by atoms with van der Waals surface area (Å²) in [6, 6.07) is 13.5. The molecule has 31 heavy (non-hydrogen) atoms. The monoisotopic (exact) mass is 438 g/mol. The van der Waals surface area contributed by atoms with Gasteiger partial charge in [-0.15, -0.1) is 0 Å². The number of aromatic amines is 1. The molecule has 0 fully saturated rings. The van der Waals surface area contributed by atoms with Crippen LogP contribution in [0, 0.1) is 0 Å². The SMILES string of the molecule is CCc1[nH]c(NC(C)=O)nc1-c1cn(S(=O)(=O)c2ccccc2)c2ccc(OC)cc12. The number of imidazole rings is 1. The van der Waals surface area contributed by atoms with Gasteiger partial charge < -0.3 is 9.72 Å². The summed E-state index contributed by atoms with van der Waals surface area (Å²) in [5, 5.41) is 3.32. The molecule has 2 N–H and O–H groups in total. The molecule has 0 unspecified atom stereocenters. The van der Waals surface area contributed by atoms with E-state index < -0.39 is 10.0 Å². The van der Waals surface area contributed by atoms with Gasteiger partial charge in [-0.25, -0.2) is 17.4 Å². The minimum atomic E-state index is -3.84. The maximum atomic E-state index is 13.4. The van der Waals surface area contributed by atoms with Gasteiger partial charge in [0.15, 0.2) is 0 Å². The lowest BCUT2D eigenvalue weighted by Gasteiger charge is -2.07. The zero-order chi connectivity index (χ0) is 22.2. The van der Waals surface area contributed by atoms with E-state index in [1.165, 1.54) is 10.9 Å². The lowest BCUT2D eigenvalue weighted by atomic mass is 10.1. The van der Waals surface area contributed by atoms with E-state index in [1.807, 2.05) is 6.92 Å². The van der Waals surface area contributed by atoms with E-state index in [2.05, 4.69) is 15.3 Å². The molecule has 1 amide bonds. The molecule has 8 nitrogen and oxygen atoms in total. The highest BCUT2D eigenvalue weighted by Gasteiger charge is 2.24. The quantitative estimate of drug-likeness (QED) is 0.476. The summed E-state index contributed by atoms with van der Waals surface area (Å²) in [5.41, 5.74) is 2.48. The molecule has 2 aromatic heterocycles. The van der Waals surface area contributed by atoms with Crippen molar-refractivity contribution in [3.05, 3.63) is 60.4 Å². The lowest BCUT2D eigenvalue weighted by Crippen LogP contribution is -2.11. The van der Waals surface area contributed by atoms with Crippen molar-refractivity contribution in [3.8, 4) is 17.0 Å². The number of anilines is 1. The van der Waals surface area contributed by atoms with E-state index in [9.17, 15) is 13.2 Å². The smallest absolute Gasteiger partial charge is 0.268 e. The minimum Gasteiger partial charge on any atom is -0.497 e. The van der Waals surface area contributed by atoms with Crippen LogP contribution in [0.4, 0.5) is 5.95 Å². The Balaban J connectivity index is 1.99. The molecular weight excluding hydrogens is 416 g/mol. The Morgan fingerprint density at radius 2 is 1.94 bits per heavy atom. The number of amides is 1. The Bertz CT molecular complexity index is 1370. The molecule has 0 aliphatic carbocycles. The minimum absolute atomic E-state index is 0.186. The molecule has 0 spiro atoms. The number of carbonyl (C=O) groups excluding carboxylic acids is 1. The number of nitrogens with zero attached hydrogens (tertiary/aromatic N) is 2. The van der Waals surface area contributed by atoms with Crippen LogP contribution in [0.1, 0.15) is 19.5 Å². The van der Waals surface area contributed by atoms with Crippen LogP contribution in [0.2, 0.25) is 0 Å². The molecule has 0 atom stereocenters. The topological polar surface area (TPSA) is 106 Å². The predicted octanol–water partition coefficient (Wildman–Crippen LogP) is 3.80. The Labute approximate surface area is 179 Å². The molecule has 4 rings (SSSR count). The van der Waals surface area contributed by atoms with Crippen LogP contribution in [0.15, 0.2) is 59.6 Å². The molecule has 0 aliphatic heterocycles. The third kappa shape index (κ3) is 3.68. The second-order valence-electron chi connectivity index (χ2n) is 6.99. The van der Waals surface area contributed by atoms with Gasteiger partial charge in [0, 0.05) is 29.8 Å². The summed E-state index contributed by atoms with van der Waals surface area (Å²) in [4.78, 5) is 19.3. The fourth-order valence-electron chi connectivity index (χ4n) is 3.51. The first-order chi connectivity index (χ1) is 14.8. The van der Waals surface area contributed by atoms with Gasteiger partial charge >= 0.3 is 0 Å². The summed E-state index contributed by atoms with van der Waals surface area (Å²) >= 11 is 0. The summed E-state index contributed by atoms with van der Waals surface area (Å²) < 4.78 is 33.4. The van der Waals surface area contributed by atoms with Crippen LogP contribution in [-0.2, 0) is 21.2 Å². The van der Waals surface area contributed by atoms with Gasteiger partial charge in [0.1, 0.15) is 5.75 Å². The van der Waals surface area contributed by atoms with Crippen molar-refractivity contribution in [1.29, 1.82) is 0 Å². The number of hydrogen-bond donors (Lipinski definition) is 2. The summed E-state index contributed by atoms with van der Waals surface area (Å²) in [7, 11) is -2.28. The molecule has 0 saturated heterocycles. The molecule has 0 radical (unpaired) electrons. The number of fused-ring (bicyclic) bond motifs is 1. The van der Waals surface area contributed by atoms with Gasteiger partial charge in [-0.05, 0) is 36.8 Å². The normalized spacial score (nSPS) is 11.6. The van der Waals surface area contributed by atoms with E-state index in [4.69, 9.17) is 4.74 Å². The largest absolute Gasteiger partial charge is 0.497 e. The maximum Gasteiger partial charge on any atom is 0.268 e. The molecule has 0 bridgehead atoms. The van der Waals surface area contributed by atoms with Gasteiger partial charge in [-0.3, -0.25) is 10.1 Å². The average molecular weight is 439 g/mol. The lowest BCUT2D eigenvalue weighted by molar-refractivity contribution is -0.114. The number of benzene rings is 2. The molecular formula is C22H22N4O4S. The number of carbonyl (C=O) groups is 1. The van der Waals surface area contributed by atoms with Gasteiger partial charge in [0.25, 0.3) is 10.0 Å². The van der Waals surface area contributed by atoms with Gasteiger partial charge in [0.05, 0.1) is 23.2 Å². The Morgan fingerprint density at radius 3 is 2.58 bits per heavy atom. The third-order valence-corrected chi connectivity index (χ3v) is 6.65. The van der Waals surface area contributed by atoms with Crippen LogP contribution < -0.4 is 10.1 Å². The number of aryl methyl sites for hydroxylation is 1. The standard InChI is InChI=1S/C22H22N4O4S/c1-4-19-21(25-22(24-19)23-14(2)27)18-13-26(20-11-10-15(30-3)12-17(18)20)31(28,29)16-8-6-5-7-9-16/h5-13H,4H2,1-3H3,(H2,23,24,25,27). The fraction of sp³-hybridized carbons (Fsp3) is 0.182. The van der Waals surface area contributed by atoms with Crippen LogP contribution in [0.3, 0.4) is 0 Å². The van der Waals surface area contributed by atoms with E-state index >= 15 is 0 Å². The van der Waals surface area contributed by atoms with E-state index in [-0.39, 0.29) is 10.8 Å². The Hall–Kier alpha value is -3.59. The number of methoxy groups -OCH3 is 1. The first-order valence-corrected chi connectivity index (χ1v) is 11.2. The molecule has 2 heterocycles. The van der Waals surface area contributed by atoms with Crippen LogP contribution >= 0.6 is 0 Å². The molecule has 9 heteroatoms. The first kappa shape index (κ1) is 20.7. The molecule has 2 aromatic carbocycles. The van der Waals surface area contributed by atoms with Gasteiger partial charge in [0.2, 0.25) is 11.9 Å². The summed E-state index contributed by atoms with van der Waals surface area (Å²) in [6.45, 7) is 3.35. The van der Waals surface area contributed by atoms with Crippen LogP contribution in [0.25, 0.3) is 22.2 Å². The number of rotatable bonds is 6. The van der Waals surface area contributed by atoms with Crippen molar-refractivity contribution in [2.45, 2.75) is 25.2 Å².